The number of ether oxygens (including phenoxy) is 2. The van der Waals surface area contributed by atoms with Crippen LogP contribution in [0.3, 0.4) is 0 Å². The summed E-state index contributed by atoms with van der Waals surface area (Å²) in [4.78, 5) is 2.50. The summed E-state index contributed by atoms with van der Waals surface area (Å²) in [5.74, 6) is -0.384. The SMILES string of the molecule is CC1(CCCN(Cc2ccccc2)Cc2ccccc2)OCCO1. The number of hydrogen-bond acceptors (Lipinski definition) is 3. The van der Waals surface area contributed by atoms with E-state index in [1.807, 2.05) is 0 Å². The Bertz CT molecular complexity index is 552. The van der Waals surface area contributed by atoms with E-state index in [0.717, 1.165) is 32.5 Å². The molecular weight excluding hydrogens is 298 g/mol. The highest BCUT2D eigenvalue weighted by molar-refractivity contribution is 5.17. The summed E-state index contributed by atoms with van der Waals surface area (Å²) in [7, 11) is 0. The molecule has 0 aromatic heterocycles. The molecule has 1 aliphatic heterocycles. The first-order chi connectivity index (χ1) is 11.7. The van der Waals surface area contributed by atoms with Gasteiger partial charge >= 0.3 is 0 Å². The van der Waals surface area contributed by atoms with E-state index < -0.39 is 0 Å². The minimum atomic E-state index is -0.384. The van der Waals surface area contributed by atoms with Crippen LogP contribution in [0.4, 0.5) is 0 Å². The van der Waals surface area contributed by atoms with Gasteiger partial charge in [0.25, 0.3) is 0 Å². The van der Waals surface area contributed by atoms with Gasteiger partial charge in [0.05, 0.1) is 13.2 Å². The Morgan fingerprint density at radius 1 is 0.833 bits per heavy atom. The van der Waals surface area contributed by atoms with Gasteiger partial charge in [-0.15, -0.1) is 0 Å². The molecule has 1 fully saturated rings. The van der Waals surface area contributed by atoms with Gasteiger partial charge < -0.3 is 9.47 Å². The van der Waals surface area contributed by atoms with Crippen molar-refractivity contribution in [1.29, 1.82) is 0 Å². The molecule has 3 rings (SSSR count). The van der Waals surface area contributed by atoms with Gasteiger partial charge in [-0.05, 0) is 31.0 Å². The fraction of sp³-hybridized carbons (Fsp3) is 0.429. The Kier molecular flexibility index (Phi) is 6.02. The van der Waals surface area contributed by atoms with Crippen molar-refractivity contribution >= 4 is 0 Å². The van der Waals surface area contributed by atoms with E-state index in [2.05, 4.69) is 72.5 Å². The molecule has 0 aliphatic carbocycles. The molecule has 0 spiro atoms. The van der Waals surface area contributed by atoms with Crippen molar-refractivity contribution in [2.24, 2.45) is 0 Å². The third kappa shape index (κ3) is 5.17. The highest BCUT2D eigenvalue weighted by atomic mass is 16.7. The molecular formula is C21H27NO2. The molecule has 3 heteroatoms. The summed E-state index contributed by atoms with van der Waals surface area (Å²) in [6.07, 6.45) is 2.00. The van der Waals surface area contributed by atoms with Crippen LogP contribution in [0.15, 0.2) is 60.7 Å². The Hall–Kier alpha value is -1.68. The van der Waals surface area contributed by atoms with Crippen LogP contribution in [0.25, 0.3) is 0 Å². The lowest BCUT2D eigenvalue weighted by molar-refractivity contribution is -0.148. The Morgan fingerprint density at radius 3 is 1.83 bits per heavy atom. The van der Waals surface area contributed by atoms with Gasteiger partial charge in [0.2, 0.25) is 0 Å². The van der Waals surface area contributed by atoms with Crippen molar-refractivity contribution in [3.05, 3.63) is 71.8 Å². The fourth-order valence-corrected chi connectivity index (χ4v) is 3.22. The standard InChI is InChI=1S/C21H27NO2/c1-21(23-15-16-24-21)13-8-14-22(17-19-9-4-2-5-10-19)18-20-11-6-3-7-12-20/h2-7,9-12H,8,13-18H2,1H3. The van der Waals surface area contributed by atoms with Crippen LogP contribution in [0, 0.1) is 0 Å². The average molecular weight is 325 g/mol. The van der Waals surface area contributed by atoms with Crippen molar-refractivity contribution in [3.63, 3.8) is 0 Å². The molecule has 2 aromatic carbocycles. The molecule has 0 radical (unpaired) electrons. The van der Waals surface area contributed by atoms with Crippen LogP contribution >= 0.6 is 0 Å². The van der Waals surface area contributed by atoms with Gasteiger partial charge in [0.15, 0.2) is 5.79 Å². The molecule has 0 atom stereocenters. The van der Waals surface area contributed by atoms with Crippen LogP contribution in [-0.4, -0.2) is 30.4 Å². The number of nitrogens with zero attached hydrogens (tertiary/aromatic N) is 1. The molecule has 24 heavy (non-hydrogen) atoms. The van der Waals surface area contributed by atoms with Crippen molar-refractivity contribution in [3.8, 4) is 0 Å². The molecule has 0 bridgehead atoms. The Morgan fingerprint density at radius 2 is 1.33 bits per heavy atom. The van der Waals surface area contributed by atoms with Crippen molar-refractivity contribution in [2.75, 3.05) is 19.8 Å². The van der Waals surface area contributed by atoms with Crippen molar-refractivity contribution < 1.29 is 9.47 Å². The summed E-state index contributed by atoms with van der Waals surface area (Å²) < 4.78 is 11.4. The van der Waals surface area contributed by atoms with Crippen LogP contribution in [-0.2, 0) is 22.6 Å². The molecule has 128 valence electrons. The fourth-order valence-electron chi connectivity index (χ4n) is 3.22. The number of hydrogen-bond donors (Lipinski definition) is 0. The lowest BCUT2D eigenvalue weighted by Gasteiger charge is -2.26. The van der Waals surface area contributed by atoms with E-state index in [0.29, 0.717) is 13.2 Å². The maximum atomic E-state index is 5.72. The van der Waals surface area contributed by atoms with Crippen LogP contribution in [0.5, 0.6) is 0 Å². The topological polar surface area (TPSA) is 21.7 Å². The molecule has 0 saturated carbocycles. The zero-order chi connectivity index (χ0) is 16.7. The van der Waals surface area contributed by atoms with Gasteiger partial charge in [-0.2, -0.15) is 0 Å². The maximum Gasteiger partial charge on any atom is 0.165 e. The average Bonchev–Trinajstić information content (AvgIpc) is 3.03. The lowest BCUT2D eigenvalue weighted by Crippen LogP contribution is -2.29. The predicted molar refractivity (Wildman–Crippen MR) is 96.5 cm³/mol. The van der Waals surface area contributed by atoms with Crippen LogP contribution in [0.2, 0.25) is 0 Å². The van der Waals surface area contributed by atoms with Gasteiger partial charge in [-0.25, -0.2) is 0 Å². The zero-order valence-corrected chi connectivity index (χ0v) is 14.5. The second-order valence-corrected chi connectivity index (χ2v) is 6.62. The number of benzene rings is 2. The predicted octanol–water partition coefficient (Wildman–Crippen LogP) is 4.23. The normalized spacial score (nSPS) is 16.6. The van der Waals surface area contributed by atoms with Gasteiger partial charge in [-0.1, -0.05) is 60.7 Å². The summed E-state index contributed by atoms with van der Waals surface area (Å²) in [6.45, 7) is 6.45. The lowest BCUT2D eigenvalue weighted by atomic mass is 10.1. The Balaban J connectivity index is 1.58. The molecule has 0 N–H and O–H groups in total. The molecule has 0 amide bonds. The monoisotopic (exact) mass is 325 g/mol. The summed E-state index contributed by atoms with van der Waals surface area (Å²) in [5, 5.41) is 0. The molecule has 0 unspecified atom stereocenters. The largest absolute Gasteiger partial charge is 0.348 e. The van der Waals surface area contributed by atoms with Crippen LogP contribution in [0.1, 0.15) is 30.9 Å². The molecule has 1 saturated heterocycles. The smallest absolute Gasteiger partial charge is 0.165 e. The van der Waals surface area contributed by atoms with Gasteiger partial charge in [-0.3, -0.25) is 4.90 Å². The van der Waals surface area contributed by atoms with E-state index in [1.165, 1.54) is 11.1 Å². The summed E-state index contributed by atoms with van der Waals surface area (Å²) in [5.41, 5.74) is 2.71. The summed E-state index contributed by atoms with van der Waals surface area (Å²) >= 11 is 0. The van der Waals surface area contributed by atoms with Crippen molar-refractivity contribution in [1.82, 2.24) is 4.90 Å². The second kappa shape index (κ2) is 8.43. The van der Waals surface area contributed by atoms with E-state index in [1.54, 1.807) is 0 Å². The molecule has 2 aromatic rings. The molecule has 1 heterocycles. The first kappa shape index (κ1) is 17.2. The highest BCUT2D eigenvalue weighted by Gasteiger charge is 2.30. The van der Waals surface area contributed by atoms with Crippen molar-refractivity contribution in [2.45, 2.75) is 38.6 Å². The first-order valence-corrected chi connectivity index (χ1v) is 8.82. The Labute approximate surface area is 145 Å². The van der Waals surface area contributed by atoms with E-state index in [4.69, 9.17) is 9.47 Å². The molecule has 1 aliphatic rings. The first-order valence-electron chi connectivity index (χ1n) is 8.82. The van der Waals surface area contributed by atoms with Gasteiger partial charge in [0.1, 0.15) is 0 Å². The zero-order valence-electron chi connectivity index (χ0n) is 14.5. The van der Waals surface area contributed by atoms with E-state index in [9.17, 15) is 0 Å². The van der Waals surface area contributed by atoms with Gasteiger partial charge in [0, 0.05) is 19.5 Å². The summed E-state index contributed by atoms with van der Waals surface area (Å²) in [6, 6.07) is 21.4. The highest BCUT2D eigenvalue weighted by Crippen LogP contribution is 2.24. The van der Waals surface area contributed by atoms with Crippen LogP contribution < -0.4 is 0 Å². The van der Waals surface area contributed by atoms with E-state index >= 15 is 0 Å². The third-order valence-corrected chi connectivity index (χ3v) is 4.50. The minimum Gasteiger partial charge on any atom is -0.348 e. The third-order valence-electron chi connectivity index (χ3n) is 4.50. The molecule has 3 nitrogen and oxygen atoms in total. The quantitative estimate of drug-likeness (QED) is 0.725. The van der Waals surface area contributed by atoms with E-state index in [-0.39, 0.29) is 5.79 Å². The maximum absolute atomic E-state index is 5.72. The second-order valence-electron chi connectivity index (χ2n) is 6.62. The number of rotatable bonds is 8. The minimum absolute atomic E-state index is 0.384.